The first-order valence-electron chi connectivity index (χ1n) is 7.75. The molecule has 4 rings (SSSR count). The number of anilines is 1. The minimum atomic E-state index is -0.251. The van der Waals surface area contributed by atoms with Crippen molar-refractivity contribution in [2.24, 2.45) is 7.05 Å². The van der Waals surface area contributed by atoms with Crippen molar-refractivity contribution in [3.63, 3.8) is 0 Å². The molecule has 1 aliphatic heterocycles. The fourth-order valence-corrected chi connectivity index (χ4v) is 2.90. The summed E-state index contributed by atoms with van der Waals surface area (Å²) in [6.07, 6.45) is 3.78. The standard InChI is InChI=1S/C17H17N5O2/c1-21-10-13(12-4-2-3-5-15(12)21)14-6-7-18-17(19-14)20-22-8-9-24-16(23)11-22/h2-7,10H,8-9,11H2,1H3,(H,18,19,20). The van der Waals surface area contributed by atoms with Crippen molar-refractivity contribution in [3.05, 3.63) is 42.7 Å². The predicted molar refractivity (Wildman–Crippen MR) is 90.1 cm³/mol. The summed E-state index contributed by atoms with van der Waals surface area (Å²) >= 11 is 0. The number of carbonyl (C=O) groups is 1. The van der Waals surface area contributed by atoms with Gasteiger partial charge in [-0.05, 0) is 12.1 Å². The van der Waals surface area contributed by atoms with Crippen LogP contribution >= 0.6 is 0 Å². The van der Waals surface area contributed by atoms with Gasteiger partial charge in [-0.2, -0.15) is 0 Å². The molecule has 3 aromatic rings. The molecule has 0 atom stereocenters. The molecule has 1 saturated heterocycles. The summed E-state index contributed by atoms with van der Waals surface area (Å²) in [5, 5.41) is 2.90. The van der Waals surface area contributed by atoms with Gasteiger partial charge in [0, 0.05) is 35.9 Å². The molecule has 7 nitrogen and oxygen atoms in total. The van der Waals surface area contributed by atoms with Gasteiger partial charge in [0.25, 0.3) is 0 Å². The Bertz CT molecular complexity index is 905. The highest BCUT2D eigenvalue weighted by molar-refractivity contribution is 5.95. The summed E-state index contributed by atoms with van der Waals surface area (Å²) in [5.74, 6) is 0.217. The molecule has 0 spiro atoms. The van der Waals surface area contributed by atoms with E-state index in [0.717, 1.165) is 22.2 Å². The zero-order valence-electron chi connectivity index (χ0n) is 13.3. The van der Waals surface area contributed by atoms with E-state index in [1.807, 2.05) is 25.2 Å². The molecule has 7 heteroatoms. The van der Waals surface area contributed by atoms with Gasteiger partial charge >= 0.3 is 5.97 Å². The van der Waals surface area contributed by atoms with Gasteiger partial charge < -0.3 is 9.30 Å². The fourth-order valence-electron chi connectivity index (χ4n) is 2.90. The molecule has 2 aromatic heterocycles. The van der Waals surface area contributed by atoms with E-state index < -0.39 is 0 Å². The summed E-state index contributed by atoms with van der Waals surface area (Å²) in [4.78, 5) is 20.2. The number of aromatic nitrogens is 3. The zero-order chi connectivity index (χ0) is 16.5. The molecular weight excluding hydrogens is 306 g/mol. The first kappa shape index (κ1) is 14.6. The number of carbonyl (C=O) groups excluding carboxylic acids is 1. The van der Waals surface area contributed by atoms with Crippen molar-refractivity contribution in [1.29, 1.82) is 0 Å². The van der Waals surface area contributed by atoms with E-state index in [-0.39, 0.29) is 12.5 Å². The monoisotopic (exact) mass is 323 g/mol. The van der Waals surface area contributed by atoms with Crippen LogP contribution in [0.15, 0.2) is 42.7 Å². The van der Waals surface area contributed by atoms with Gasteiger partial charge in [0.2, 0.25) is 5.95 Å². The Labute approximate surface area is 138 Å². The third kappa shape index (κ3) is 2.69. The summed E-state index contributed by atoms with van der Waals surface area (Å²) in [5.41, 5.74) is 6.12. The molecule has 0 bridgehead atoms. The number of rotatable bonds is 3. The Morgan fingerprint density at radius 3 is 3.00 bits per heavy atom. The van der Waals surface area contributed by atoms with Crippen LogP contribution in [-0.4, -0.2) is 45.2 Å². The minimum absolute atomic E-state index is 0.182. The number of morpholine rings is 1. The molecule has 0 amide bonds. The first-order valence-corrected chi connectivity index (χ1v) is 7.75. The van der Waals surface area contributed by atoms with Crippen LogP contribution in [0.5, 0.6) is 0 Å². The van der Waals surface area contributed by atoms with Crippen LogP contribution in [-0.2, 0) is 16.6 Å². The minimum Gasteiger partial charge on any atom is -0.463 e. The average Bonchev–Trinajstić information content (AvgIpc) is 2.93. The van der Waals surface area contributed by atoms with E-state index in [1.54, 1.807) is 11.2 Å². The summed E-state index contributed by atoms with van der Waals surface area (Å²) < 4.78 is 7.01. The smallest absolute Gasteiger partial charge is 0.322 e. The van der Waals surface area contributed by atoms with E-state index in [0.29, 0.717) is 19.1 Å². The highest BCUT2D eigenvalue weighted by Crippen LogP contribution is 2.29. The predicted octanol–water partition coefficient (Wildman–Crippen LogP) is 1.82. The van der Waals surface area contributed by atoms with Crippen LogP contribution in [0.2, 0.25) is 0 Å². The van der Waals surface area contributed by atoms with Crippen LogP contribution < -0.4 is 5.43 Å². The Balaban J connectivity index is 1.65. The van der Waals surface area contributed by atoms with E-state index in [2.05, 4.69) is 38.3 Å². The van der Waals surface area contributed by atoms with E-state index >= 15 is 0 Å². The Kier molecular flexibility index (Phi) is 3.62. The van der Waals surface area contributed by atoms with Gasteiger partial charge in [-0.3, -0.25) is 10.2 Å². The molecule has 3 heterocycles. The normalized spacial score (nSPS) is 15.5. The number of hydrogen-bond acceptors (Lipinski definition) is 6. The highest BCUT2D eigenvalue weighted by Gasteiger charge is 2.19. The molecule has 24 heavy (non-hydrogen) atoms. The topological polar surface area (TPSA) is 72.3 Å². The number of hydrazine groups is 1. The molecular formula is C17H17N5O2. The lowest BCUT2D eigenvalue weighted by atomic mass is 10.1. The maximum atomic E-state index is 11.4. The summed E-state index contributed by atoms with van der Waals surface area (Å²) in [6.45, 7) is 1.16. The number of para-hydroxylation sites is 1. The van der Waals surface area contributed by atoms with Crippen molar-refractivity contribution in [2.75, 3.05) is 25.1 Å². The second-order valence-corrected chi connectivity index (χ2v) is 5.69. The largest absolute Gasteiger partial charge is 0.463 e. The second-order valence-electron chi connectivity index (χ2n) is 5.69. The number of aryl methyl sites for hydroxylation is 1. The van der Waals surface area contributed by atoms with Crippen molar-refractivity contribution >= 4 is 22.8 Å². The number of cyclic esters (lactones) is 1. The van der Waals surface area contributed by atoms with E-state index in [9.17, 15) is 4.79 Å². The lowest BCUT2D eigenvalue weighted by Crippen LogP contribution is -2.43. The van der Waals surface area contributed by atoms with Crippen LogP contribution in [0.3, 0.4) is 0 Å². The molecule has 0 unspecified atom stereocenters. The number of hydrogen-bond donors (Lipinski definition) is 1. The Hall–Kier alpha value is -2.93. The summed E-state index contributed by atoms with van der Waals surface area (Å²) in [7, 11) is 2.02. The van der Waals surface area contributed by atoms with E-state index in [1.165, 1.54) is 0 Å². The Morgan fingerprint density at radius 1 is 1.25 bits per heavy atom. The number of nitrogens with one attached hydrogen (secondary N) is 1. The van der Waals surface area contributed by atoms with Crippen LogP contribution in [0.1, 0.15) is 0 Å². The lowest BCUT2D eigenvalue weighted by Gasteiger charge is -2.25. The third-order valence-corrected chi connectivity index (χ3v) is 4.03. The third-order valence-electron chi connectivity index (χ3n) is 4.03. The molecule has 122 valence electrons. The molecule has 1 aromatic carbocycles. The maximum Gasteiger partial charge on any atom is 0.322 e. The molecule has 0 saturated carbocycles. The average molecular weight is 323 g/mol. The number of benzene rings is 1. The maximum absolute atomic E-state index is 11.4. The summed E-state index contributed by atoms with van der Waals surface area (Å²) in [6, 6.07) is 10.1. The number of nitrogens with zero attached hydrogens (tertiary/aromatic N) is 4. The fraction of sp³-hybridized carbons (Fsp3) is 0.235. The van der Waals surface area contributed by atoms with E-state index in [4.69, 9.17) is 4.74 Å². The van der Waals surface area contributed by atoms with Gasteiger partial charge in [-0.15, -0.1) is 0 Å². The van der Waals surface area contributed by atoms with Gasteiger partial charge in [-0.1, -0.05) is 18.2 Å². The van der Waals surface area contributed by atoms with Crippen molar-refractivity contribution in [1.82, 2.24) is 19.5 Å². The number of ether oxygens (including phenoxy) is 1. The number of esters is 1. The molecule has 0 aliphatic carbocycles. The van der Waals surface area contributed by atoms with Crippen LogP contribution in [0.4, 0.5) is 5.95 Å². The first-order chi connectivity index (χ1) is 11.7. The lowest BCUT2D eigenvalue weighted by molar-refractivity contribution is -0.149. The molecule has 0 radical (unpaired) electrons. The van der Waals surface area contributed by atoms with Gasteiger partial charge in [-0.25, -0.2) is 15.0 Å². The Morgan fingerprint density at radius 2 is 2.12 bits per heavy atom. The van der Waals surface area contributed by atoms with Crippen LogP contribution in [0, 0.1) is 0 Å². The zero-order valence-corrected chi connectivity index (χ0v) is 13.3. The van der Waals surface area contributed by atoms with Gasteiger partial charge in [0.05, 0.1) is 12.2 Å². The number of fused-ring (bicyclic) bond motifs is 1. The molecule has 1 aliphatic rings. The second kappa shape index (κ2) is 5.93. The molecule has 1 fully saturated rings. The van der Waals surface area contributed by atoms with Gasteiger partial charge in [0.1, 0.15) is 13.2 Å². The molecule has 1 N–H and O–H groups in total. The van der Waals surface area contributed by atoms with Gasteiger partial charge in [0.15, 0.2) is 0 Å². The van der Waals surface area contributed by atoms with Crippen molar-refractivity contribution in [2.45, 2.75) is 0 Å². The quantitative estimate of drug-likeness (QED) is 0.741. The SMILES string of the molecule is Cn1cc(-c2ccnc(NN3CCOC(=O)C3)n2)c2ccccc21. The highest BCUT2D eigenvalue weighted by atomic mass is 16.5. The van der Waals surface area contributed by atoms with Crippen molar-refractivity contribution < 1.29 is 9.53 Å². The van der Waals surface area contributed by atoms with Crippen LogP contribution in [0.25, 0.3) is 22.2 Å². The van der Waals surface area contributed by atoms with Crippen molar-refractivity contribution in [3.8, 4) is 11.3 Å².